The van der Waals surface area contributed by atoms with Crippen LogP contribution < -0.4 is 10.2 Å². The van der Waals surface area contributed by atoms with Crippen LogP contribution in [0.5, 0.6) is 0 Å². The first-order valence-corrected chi connectivity index (χ1v) is 12.0. The zero-order valence-corrected chi connectivity index (χ0v) is 19.6. The molecule has 3 fully saturated rings. The molecule has 7 nitrogen and oxygen atoms in total. The van der Waals surface area contributed by atoms with Gasteiger partial charge in [-0.15, -0.1) is 0 Å². The second-order valence-corrected chi connectivity index (χ2v) is 9.92. The number of aryl methyl sites for hydroxylation is 1. The quantitative estimate of drug-likeness (QED) is 0.737. The Labute approximate surface area is 191 Å². The van der Waals surface area contributed by atoms with E-state index in [9.17, 15) is 14.4 Å². The van der Waals surface area contributed by atoms with Crippen LogP contribution in [0.3, 0.4) is 0 Å². The lowest BCUT2D eigenvalue weighted by molar-refractivity contribution is -0.128. The maximum atomic E-state index is 13.4. The highest BCUT2D eigenvalue weighted by atomic mass is 16.2. The Morgan fingerprint density at radius 1 is 1.22 bits per heavy atom. The molecule has 2 bridgehead atoms. The van der Waals surface area contributed by atoms with Gasteiger partial charge < -0.3 is 20.0 Å². The Hall–Kier alpha value is -2.41. The molecule has 32 heavy (non-hydrogen) atoms. The molecule has 7 heteroatoms. The summed E-state index contributed by atoms with van der Waals surface area (Å²) >= 11 is 0. The number of nitrogens with one attached hydrogen (secondary N) is 1. The molecule has 0 spiro atoms. The summed E-state index contributed by atoms with van der Waals surface area (Å²) in [6.07, 6.45) is 5.01. The van der Waals surface area contributed by atoms with Crippen LogP contribution in [0, 0.1) is 18.8 Å². The Kier molecular flexibility index (Phi) is 6.84. The van der Waals surface area contributed by atoms with Crippen molar-refractivity contribution in [2.45, 2.75) is 51.5 Å². The lowest BCUT2D eigenvalue weighted by Crippen LogP contribution is -2.57. The molecule has 0 radical (unpaired) electrons. The summed E-state index contributed by atoms with van der Waals surface area (Å²) in [6, 6.07) is 6.13. The summed E-state index contributed by atoms with van der Waals surface area (Å²) in [5.74, 6) is 1.28. The number of benzene rings is 1. The highest BCUT2D eigenvalue weighted by molar-refractivity contribution is 5.99. The fourth-order valence-corrected chi connectivity index (χ4v) is 5.49. The van der Waals surface area contributed by atoms with Gasteiger partial charge in [-0.05, 0) is 68.7 Å². The third-order valence-corrected chi connectivity index (χ3v) is 7.32. The van der Waals surface area contributed by atoms with Gasteiger partial charge in [-0.2, -0.15) is 0 Å². The fraction of sp³-hybridized carbons (Fsp3) is 0.640. The van der Waals surface area contributed by atoms with E-state index >= 15 is 0 Å². The fourth-order valence-electron chi connectivity index (χ4n) is 5.49. The largest absolute Gasteiger partial charge is 0.349 e. The molecular formula is C25H36N4O3. The zero-order chi connectivity index (χ0) is 22.8. The van der Waals surface area contributed by atoms with Crippen LogP contribution in [0.1, 0.15) is 54.4 Å². The maximum Gasteiger partial charge on any atom is 0.253 e. The van der Waals surface area contributed by atoms with Gasteiger partial charge >= 0.3 is 0 Å². The summed E-state index contributed by atoms with van der Waals surface area (Å²) in [5.41, 5.74) is 2.58. The Morgan fingerprint density at radius 3 is 2.75 bits per heavy atom. The average Bonchev–Trinajstić information content (AvgIpc) is 3.20. The first-order valence-electron chi connectivity index (χ1n) is 12.0. The lowest BCUT2D eigenvalue weighted by atomic mass is 9.78. The van der Waals surface area contributed by atoms with Crippen molar-refractivity contribution in [1.82, 2.24) is 15.1 Å². The average molecular weight is 441 g/mol. The number of likely N-dealkylation sites (tertiary alicyclic amines) is 1. The molecule has 1 aromatic rings. The molecule has 3 atom stereocenters. The highest BCUT2D eigenvalue weighted by Gasteiger charge is 2.38. The van der Waals surface area contributed by atoms with Crippen molar-refractivity contribution in [3.05, 3.63) is 29.3 Å². The molecule has 0 saturated carbocycles. The van der Waals surface area contributed by atoms with E-state index in [4.69, 9.17) is 0 Å². The number of hydrogen-bond donors (Lipinski definition) is 1. The number of fused-ring (bicyclic) bond motifs is 2. The minimum absolute atomic E-state index is 0.0658. The van der Waals surface area contributed by atoms with Crippen LogP contribution in [0.25, 0.3) is 0 Å². The molecule has 3 aliphatic heterocycles. The van der Waals surface area contributed by atoms with E-state index in [2.05, 4.69) is 5.32 Å². The van der Waals surface area contributed by atoms with Gasteiger partial charge in [0.15, 0.2) is 0 Å². The predicted molar refractivity (Wildman–Crippen MR) is 125 cm³/mol. The first kappa shape index (κ1) is 22.8. The number of carbonyl (C=O) groups excluding carboxylic acids is 3. The number of hydrogen-bond acceptors (Lipinski definition) is 4. The second-order valence-electron chi connectivity index (χ2n) is 9.92. The second kappa shape index (κ2) is 9.61. The zero-order valence-electron chi connectivity index (χ0n) is 19.6. The van der Waals surface area contributed by atoms with Gasteiger partial charge in [-0.3, -0.25) is 14.4 Å². The molecule has 4 rings (SSSR count). The summed E-state index contributed by atoms with van der Waals surface area (Å²) in [6.45, 7) is 5.18. The van der Waals surface area contributed by atoms with Crippen LogP contribution >= 0.6 is 0 Å². The minimum Gasteiger partial charge on any atom is -0.349 e. The summed E-state index contributed by atoms with van der Waals surface area (Å²) in [7, 11) is 3.60. The maximum absolute atomic E-state index is 13.4. The van der Waals surface area contributed by atoms with Gasteiger partial charge in [0.05, 0.1) is 0 Å². The minimum atomic E-state index is 0.0658. The number of nitrogens with zero attached hydrogens (tertiary/aromatic N) is 3. The van der Waals surface area contributed by atoms with Crippen LogP contribution in [0.2, 0.25) is 0 Å². The van der Waals surface area contributed by atoms with E-state index in [0.29, 0.717) is 36.3 Å². The van der Waals surface area contributed by atoms with E-state index in [1.165, 1.54) is 0 Å². The normalized spacial score (nSPS) is 25.2. The molecular weight excluding hydrogens is 404 g/mol. The topological polar surface area (TPSA) is 73.0 Å². The first-order chi connectivity index (χ1) is 15.3. The SMILES string of the molecule is Cc1ccc(C(=O)N2CC3CN[C@H](CCCC(=O)N(C)C)C(C3)C2)cc1N1CCCC1=O. The molecule has 3 saturated heterocycles. The van der Waals surface area contributed by atoms with Gasteiger partial charge in [0, 0.05) is 63.9 Å². The van der Waals surface area contributed by atoms with Crippen LogP contribution in [-0.4, -0.2) is 73.8 Å². The number of piperidine rings is 2. The van der Waals surface area contributed by atoms with Crippen molar-refractivity contribution < 1.29 is 14.4 Å². The Morgan fingerprint density at radius 2 is 2.03 bits per heavy atom. The molecule has 3 aliphatic rings. The molecule has 0 aliphatic carbocycles. The number of carbonyl (C=O) groups is 3. The van der Waals surface area contributed by atoms with Crippen molar-refractivity contribution in [2.24, 2.45) is 11.8 Å². The summed E-state index contributed by atoms with van der Waals surface area (Å²) in [5, 5.41) is 3.67. The van der Waals surface area contributed by atoms with Crippen LogP contribution in [0.4, 0.5) is 5.69 Å². The third kappa shape index (κ3) is 4.82. The van der Waals surface area contributed by atoms with E-state index in [0.717, 1.165) is 63.1 Å². The molecule has 0 aromatic heterocycles. The Balaban J connectivity index is 1.42. The number of rotatable bonds is 6. The van der Waals surface area contributed by atoms with Crippen LogP contribution in [0.15, 0.2) is 18.2 Å². The van der Waals surface area contributed by atoms with Gasteiger partial charge in [-0.25, -0.2) is 0 Å². The lowest BCUT2D eigenvalue weighted by Gasteiger charge is -2.46. The van der Waals surface area contributed by atoms with Crippen LogP contribution in [-0.2, 0) is 9.59 Å². The van der Waals surface area contributed by atoms with Gasteiger partial charge in [0.25, 0.3) is 5.91 Å². The molecule has 1 N–H and O–H groups in total. The van der Waals surface area contributed by atoms with Gasteiger partial charge in [0.2, 0.25) is 11.8 Å². The molecule has 1 aromatic carbocycles. The van der Waals surface area contributed by atoms with Crippen molar-refractivity contribution >= 4 is 23.4 Å². The predicted octanol–water partition coefficient (Wildman–Crippen LogP) is 2.43. The van der Waals surface area contributed by atoms with E-state index < -0.39 is 0 Å². The van der Waals surface area contributed by atoms with Crippen molar-refractivity contribution in [3.8, 4) is 0 Å². The van der Waals surface area contributed by atoms with E-state index in [1.807, 2.05) is 34.9 Å². The Bertz CT molecular complexity index is 884. The summed E-state index contributed by atoms with van der Waals surface area (Å²) < 4.78 is 0. The standard InChI is InChI=1S/C25H36N4O3/c1-17-9-10-19(13-22(17)29-11-5-8-24(29)31)25(32)28-15-18-12-20(16-28)21(26-14-18)6-4-7-23(30)27(2)3/h9-10,13,18,20-21,26H,4-8,11-12,14-16H2,1-3H3/t18?,20?,21-/m1/s1. The molecule has 3 amide bonds. The number of anilines is 1. The summed E-state index contributed by atoms with van der Waals surface area (Å²) in [4.78, 5) is 43.1. The smallest absolute Gasteiger partial charge is 0.253 e. The van der Waals surface area contributed by atoms with Crippen molar-refractivity contribution in [2.75, 3.05) is 45.2 Å². The molecule has 174 valence electrons. The van der Waals surface area contributed by atoms with Gasteiger partial charge in [-0.1, -0.05) is 6.07 Å². The highest BCUT2D eigenvalue weighted by Crippen LogP contribution is 2.32. The molecule has 2 unspecified atom stereocenters. The van der Waals surface area contributed by atoms with Crippen molar-refractivity contribution in [3.63, 3.8) is 0 Å². The third-order valence-electron chi connectivity index (χ3n) is 7.32. The number of amides is 3. The van der Waals surface area contributed by atoms with E-state index in [-0.39, 0.29) is 17.7 Å². The van der Waals surface area contributed by atoms with Gasteiger partial charge in [0.1, 0.15) is 0 Å². The van der Waals surface area contributed by atoms with Crippen molar-refractivity contribution in [1.29, 1.82) is 0 Å². The van der Waals surface area contributed by atoms with E-state index in [1.54, 1.807) is 19.0 Å². The monoisotopic (exact) mass is 440 g/mol. The molecule has 3 heterocycles.